The molecule has 0 aliphatic rings. The summed E-state index contributed by atoms with van der Waals surface area (Å²) in [5.74, 6) is 1.21. The normalized spacial score (nSPS) is 11.8. The Kier molecular flexibility index (Phi) is 6.81. The SMILES string of the molecule is Cc1ccccc1OC[C@H](C)NC(=O)CSc1ccc(Cl)cc1. The second-order valence-corrected chi connectivity index (χ2v) is 6.77. The fraction of sp³-hybridized carbons (Fsp3) is 0.278. The van der Waals surface area contributed by atoms with Crippen molar-refractivity contribution in [3.05, 3.63) is 59.1 Å². The van der Waals surface area contributed by atoms with Crippen LogP contribution < -0.4 is 10.1 Å². The van der Waals surface area contributed by atoms with Gasteiger partial charge in [0.05, 0.1) is 11.8 Å². The van der Waals surface area contributed by atoms with Crippen LogP contribution in [0.2, 0.25) is 5.02 Å². The molecule has 23 heavy (non-hydrogen) atoms. The molecule has 1 N–H and O–H groups in total. The number of halogens is 1. The molecule has 122 valence electrons. The average molecular weight is 350 g/mol. The van der Waals surface area contributed by atoms with Crippen molar-refractivity contribution in [2.24, 2.45) is 0 Å². The van der Waals surface area contributed by atoms with Gasteiger partial charge >= 0.3 is 0 Å². The number of aryl methyl sites for hydroxylation is 1. The van der Waals surface area contributed by atoms with Crippen LogP contribution in [0, 0.1) is 6.92 Å². The zero-order valence-electron chi connectivity index (χ0n) is 13.2. The van der Waals surface area contributed by atoms with E-state index in [4.69, 9.17) is 16.3 Å². The lowest BCUT2D eigenvalue weighted by molar-refractivity contribution is -0.119. The van der Waals surface area contributed by atoms with Crippen molar-refractivity contribution in [1.82, 2.24) is 5.32 Å². The summed E-state index contributed by atoms with van der Waals surface area (Å²) in [6.07, 6.45) is 0. The van der Waals surface area contributed by atoms with Crippen LogP contribution in [0.4, 0.5) is 0 Å². The van der Waals surface area contributed by atoms with Gasteiger partial charge in [-0.25, -0.2) is 0 Å². The minimum absolute atomic E-state index is 0.00849. The Labute approximate surface area is 146 Å². The molecule has 2 aromatic carbocycles. The summed E-state index contributed by atoms with van der Waals surface area (Å²) in [6, 6.07) is 15.3. The van der Waals surface area contributed by atoms with Crippen LogP contribution in [-0.2, 0) is 4.79 Å². The van der Waals surface area contributed by atoms with Crippen LogP contribution in [0.1, 0.15) is 12.5 Å². The largest absolute Gasteiger partial charge is 0.491 e. The standard InChI is InChI=1S/C18H20ClNO2S/c1-13-5-3-4-6-17(13)22-11-14(2)20-18(21)12-23-16-9-7-15(19)8-10-16/h3-10,14H,11-12H2,1-2H3,(H,20,21)/t14-/m0/s1. The van der Waals surface area contributed by atoms with Crippen molar-refractivity contribution in [3.8, 4) is 5.75 Å². The predicted octanol–water partition coefficient (Wildman–Crippen LogP) is 4.32. The van der Waals surface area contributed by atoms with Gasteiger partial charge in [0.25, 0.3) is 0 Å². The van der Waals surface area contributed by atoms with Crippen molar-refractivity contribution in [2.45, 2.75) is 24.8 Å². The van der Waals surface area contributed by atoms with E-state index in [0.717, 1.165) is 16.2 Å². The summed E-state index contributed by atoms with van der Waals surface area (Å²) in [5.41, 5.74) is 1.09. The van der Waals surface area contributed by atoms with Crippen LogP contribution in [0.5, 0.6) is 5.75 Å². The Morgan fingerprint density at radius 1 is 1.22 bits per heavy atom. The maximum atomic E-state index is 12.0. The van der Waals surface area contributed by atoms with Crippen molar-refractivity contribution in [2.75, 3.05) is 12.4 Å². The maximum Gasteiger partial charge on any atom is 0.230 e. The number of amides is 1. The number of carbonyl (C=O) groups is 1. The highest BCUT2D eigenvalue weighted by Crippen LogP contribution is 2.20. The van der Waals surface area contributed by atoms with Crippen LogP contribution in [-0.4, -0.2) is 24.3 Å². The highest BCUT2D eigenvalue weighted by Gasteiger charge is 2.09. The Morgan fingerprint density at radius 3 is 2.61 bits per heavy atom. The second-order valence-electron chi connectivity index (χ2n) is 5.29. The minimum atomic E-state index is -0.0482. The first-order valence-corrected chi connectivity index (χ1v) is 8.77. The Hall–Kier alpha value is -1.65. The van der Waals surface area contributed by atoms with Gasteiger partial charge in [0, 0.05) is 9.92 Å². The first-order valence-electron chi connectivity index (χ1n) is 7.41. The van der Waals surface area contributed by atoms with Crippen LogP contribution in [0.25, 0.3) is 0 Å². The molecule has 3 nitrogen and oxygen atoms in total. The van der Waals surface area contributed by atoms with Gasteiger partial charge in [-0.05, 0) is 49.7 Å². The summed E-state index contributed by atoms with van der Waals surface area (Å²) in [7, 11) is 0. The zero-order valence-corrected chi connectivity index (χ0v) is 14.8. The molecule has 0 saturated heterocycles. The summed E-state index contributed by atoms with van der Waals surface area (Å²) in [4.78, 5) is 13.0. The molecule has 0 unspecified atom stereocenters. The molecule has 0 heterocycles. The third-order valence-corrected chi connectivity index (χ3v) is 4.44. The third-order valence-electron chi connectivity index (χ3n) is 3.17. The first kappa shape index (κ1) is 17.7. The number of thioether (sulfide) groups is 1. The van der Waals surface area contributed by atoms with Crippen molar-refractivity contribution in [1.29, 1.82) is 0 Å². The second kappa shape index (κ2) is 8.85. The van der Waals surface area contributed by atoms with Crippen molar-refractivity contribution in [3.63, 3.8) is 0 Å². The highest BCUT2D eigenvalue weighted by atomic mass is 35.5. The van der Waals surface area contributed by atoms with E-state index >= 15 is 0 Å². The van der Waals surface area contributed by atoms with E-state index in [1.807, 2.05) is 62.4 Å². The van der Waals surface area contributed by atoms with Crippen LogP contribution in [0.15, 0.2) is 53.4 Å². The number of hydrogen-bond donors (Lipinski definition) is 1. The molecule has 1 atom stereocenters. The fourth-order valence-electron chi connectivity index (χ4n) is 1.97. The molecule has 0 aliphatic heterocycles. The summed E-state index contributed by atoms with van der Waals surface area (Å²) < 4.78 is 5.74. The van der Waals surface area contributed by atoms with E-state index < -0.39 is 0 Å². The van der Waals surface area contributed by atoms with E-state index in [1.54, 1.807) is 0 Å². The summed E-state index contributed by atoms with van der Waals surface area (Å²) >= 11 is 7.32. The molecule has 2 aromatic rings. The summed E-state index contributed by atoms with van der Waals surface area (Å²) in [6.45, 7) is 4.38. The lowest BCUT2D eigenvalue weighted by Crippen LogP contribution is -2.37. The number of rotatable bonds is 7. The average Bonchev–Trinajstić information content (AvgIpc) is 2.53. The molecule has 0 aromatic heterocycles. The topological polar surface area (TPSA) is 38.3 Å². The van der Waals surface area contributed by atoms with Gasteiger partial charge in [-0.3, -0.25) is 4.79 Å². The number of para-hydroxylation sites is 1. The summed E-state index contributed by atoms with van der Waals surface area (Å²) in [5, 5.41) is 3.64. The van der Waals surface area contributed by atoms with Crippen molar-refractivity contribution >= 4 is 29.3 Å². The lowest BCUT2D eigenvalue weighted by atomic mass is 10.2. The maximum absolute atomic E-state index is 12.0. The first-order chi connectivity index (χ1) is 11.0. The molecule has 1 amide bonds. The monoisotopic (exact) mass is 349 g/mol. The van der Waals surface area contributed by atoms with Gasteiger partial charge in [0.15, 0.2) is 0 Å². The van der Waals surface area contributed by atoms with Gasteiger partial charge in [0.1, 0.15) is 12.4 Å². The predicted molar refractivity (Wildman–Crippen MR) is 96.5 cm³/mol. The van der Waals surface area contributed by atoms with E-state index in [0.29, 0.717) is 17.4 Å². The molecule has 5 heteroatoms. The van der Waals surface area contributed by atoms with Gasteiger partial charge < -0.3 is 10.1 Å². The molecular formula is C18H20ClNO2S. The Balaban J connectivity index is 1.72. The molecule has 0 aliphatic carbocycles. The van der Waals surface area contributed by atoms with Gasteiger partial charge in [-0.15, -0.1) is 11.8 Å². The van der Waals surface area contributed by atoms with Gasteiger partial charge in [0.2, 0.25) is 5.91 Å². The lowest BCUT2D eigenvalue weighted by Gasteiger charge is -2.16. The van der Waals surface area contributed by atoms with Gasteiger partial charge in [-0.1, -0.05) is 29.8 Å². The molecule has 2 rings (SSSR count). The van der Waals surface area contributed by atoms with Crippen LogP contribution in [0.3, 0.4) is 0 Å². The highest BCUT2D eigenvalue weighted by molar-refractivity contribution is 8.00. The van der Waals surface area contributed by atoms with E-state index in [9.17, 15) is 4.79 Å². The number of carbonyl (C=O) groups excluding carboxylic acids is 1. The fourth-order valence-corrected chi connectivity index (χ4v) is 2.81. The number of benzene rings is 2. The van der Waals surface area contributed by atoms with E-state index in [-0.39, 0.29) is 11.9 Å². The molecule has 0 fully saturated rings. The Bertz CT molecular complexity index is 646. The molecule has 0 bridgehead atoms. The van der Waals surface area contributed by atoms with Gasteiger partial charge in [-0.2, -0.15) is 0 Å². The smallest absolute Gasteiger partial charge is 0.230 e. The molecule has 0 spiro atoms. The molecule has 0 saturated carbocycles. The Morgan fingerprint density at radius 2 is 1.91 bits per heavy atom. The van der Waals surface area contributed by atoms with Crippen LogP contribution >= 0.6 is 23.4 Å². The molecular weight excluding hydrogens is 330 g/mol. The minimum Gasteiger partial charge on any atom is -0.491 e. The number of ether oxygens (including phenoxy) is 1. The van der Waals surface area contributed by atoms with E-state index in [2.05, 4.69) is 5.32 Å². The molecule has 0 radical (unpaired) electrons. The quantitative estimate of drug-likeness (QED) is 0.756. The van der Waals surface area contributed by atoms with E-state index in [1.165, 1.54) is 11.8 Å². The third kappa shape index (κ3) is 6.16. The zero-order chi connectivity index (χ0) is 16.7. The van der Waals surface area contributed by atoms with Crippen molar-refractivity contribution < 1.29 is 9.53 Å². The number of hydrogen-bond acceptors (Lipinski definition) is 3. The number of nitrogens with one attached hydrogen (secondary N) is 1.